The van der Waals surface area contributed by atoms with Crippen LogP contribution in [0.4, 0.5) is 5.69 Å². The molecular formula is C18H17NO3. The minimum Gasteiger partial charge on any atom is -0.386 e. The lowest BCUT2D eigenvalue weighted by molar-refractivity contribution is 0.0391. The number of cyclic esters (lactones) is 2. The Labute approximate surface area is 128 Å². The van der Waals surface area contributed by atoms with Crippen molar-refractivity contribution < 1.29 is 14.3 Å². The summed E-state index contributed by atoms with van der Waals surface area (Å²) in [5, 5.41) is 5.23. The van der Waals surface area contributed by atoms with Gasteiger partial charge in [0, 0.05) is 22.5 Å². The fourth-order valence-corrected chi connectivity index (χ4v) is 3.53. The number of rotatable bonds is 2. The van der Waals surface area contributed by atoms with Crippen LogP contribution in [0.2, 0.25) is 0 Å². The number of carbonyl (C=O) groups is 2. The molecule has 1 aliphatic heterocycles. The molecule has 0 unspecified atom stereocenters. The van der Waals surface area contributed by atoms with Crippen LogP contribution in [0.15, 0.2) is 30.3 Å². The van der Waals surface area contributed by atoms with E-state index in [0.717, 1.165) is 11.1 Å². The average molecular weight is 295 g/mol. The van der Waals surface area contributed by atoms with Gasteiger partial charge in [-0.05, 0) is 31.0 Å². The summed E-state index contributed by atoms with van der Waals surface area (Å²) in [6.07, 6.45) is 6.16. The van der Waals surface area contributed by atoms with E-state index in [1.807, 2.05) is 18.2 Å². The van der Waals surface area contributed by atoms with Gasteiger partial charge in [-0.15, -0.1) is 0 Å². The topological polar surface area (TPSA) is 55.4 Å². The first kappa shape index (κ1) is 13.3. The number of hydrogen-bond acceptors (Lipinski definition) is 4. The van der Waals surface area contributed by atoms with Crippen molar-refractivity contribution in [1.82, 2.24) is 0 Å². The first-order valence-corrected chi connectivity index (χ1v) is 7.83. The van der Waals surface area contributed by atoms with E-state index in [1.165, 1.54) is 32.1 Å². The molecule has 1 fully saturated rings. The number of hydrogen-bond donors (Lipinski definition) is 1. The minimum atomic E-state index is -0.557. The summed E-state index contributed by atoms with van der Waals surface area (Å²) in [6.45, 7) is 0. The third-order valence-electron chi connectivity index (χ3n) is 4.63. The smallest absolute Gasteiger partial charge is 0.346 e. The molecule has 0 aromatic heterocycles. The normalized spacial score (nSPS) is 18.4. The number of anilines is 1. The van der Waals surface area contributed by atoms with E-state index in [9.17, 15) is 9.59 Å². The third kappa shape index (κ3) is 2.06. The minimum absolute atomic E-state index is 0.469. The van der Waals surface area contributed by atoms with E-state index in [1.54, 1.807) is 12.1 Å². The zero-order valence-electron chi connectivity index (χ0n) is 12.2. The van der Waals surface area contributed by atoms with Gasteiger partial charge in [0.15, 0.2) is 0 Å². The summed E-state index contributed by atoms with van der Waals surface area (Å²) in [7, 11) is 0. The molecule has 1 heterocycles. The molecule has 1 aliphatic carbocycles. The quantitative estimate of drug-likeness (QED) is 0.674. The van der Waals surface area contributed by atoms with E-state index in [2.05, 4.69) is 5.32 Å². The van der Waals surface area contributed by atoms with Gasteiger partial charge in [-0.25, -0.2) is 9.59 Å². The molecule has 4 rings (SSSR count). The molecule has 2 aliphatic rings. The lowest BCUT2D eigenvalue weighted by atomic mass is 9.93. The van der Waals surface area contributed by atoms with Crippen LogP contribution in [0.3, 0.4) is 0 Å². The van der Waals surface area contributed by atoms with Crippen LogP contribution in [0, 0.1) is 0 Å². The molecule has 2 aromatic carbocycles. The number of benzene rings is 2. The Bertz CT molecular complexity index is 755. The lowest BCUT2D eigenvalue weighted by Crippen LogP contribution is -2.23. The van der Waals surface area contributed by atoms with Crippen molar-refractivity contribution in [3.8, 4) is 0 Å². The van der Waals surface area contributed by atoms with Gasteiger partial charge in [0.1, 0.15) is 0 Å². The second-order valence-corrected chi connectivity index (χ2v) is 6.05. The molecule has 4 heteroatoms. The summed E-state index contributed by atoms with van der Waals surface area (Å²) >= 11 is 0. The fraction of sp³-hybridized carbons (Fsp3) is 0.333. The Morgan fingerprint density at radius 1 is 0.909 bits per heavy atom. The van der Waals surface area contributed by atoms with Gasteiger partial charge >= 0.3 is 11.9 Å². The second-order valence-electron chi connectivity index (χ2n) is 6.05. The van der Waals surface area contributed by atoms with Crippen molar-refractivity contribution in [3.05, 3.63) is 41.5 Å². The highest BCUT2D eigenvalue weighted by Gasteiger charge is 2.28. The van der Waals surface area contributed by atoms with Gasteiger partial charge in [-0.2, -0.15) is 0 Å². The first-order chi connectivity index (χ1) is 10.7. The molecule has 1 saturated carbocycles. The molecule has 1 N–H and O–H groups in total. The van der Waals surface area contributed by atoms with E-state index in [0.29, 0.717) is 22.6 Å². The monoisotopic (exact) mass is 295 g/mol. The second kappa shape index (κ2) is 5.13. The highest BCUT2D eigenvalue weighted by atomic mass is 16.6. The van der Waals surface area contributed by atoms with Crippen molar-refractivity contribution >= 4 is 28.4 Å². The summed E-state index contributed by atoms with van der Waals surface area (Å²) < 4.78 is 4.79. The SMILES string of the molecule is O=C1OC(=O)c2ccc(NC3CCCCC3)c3cccc1c23. The maximum Gasteiger partial charge on any atom is 0.346 e. The van der Waals surface area contributed by atoms with E-state index < -0.39 is 11.9 Å². The van der Waals surface area contributed by atoms with Crippen LogP contribution in [0.1, 0.15) is 52.8 Å². The lowest BCUT2D eigenvalue weighted by Gasteiger charge is -2.25. The van der Waals surface area contributed by atoms with Crippen LogP contribution >= 0.6 is 0 Å². The van der Waals surface area contributed by atoms with Crippen molar-refractivity contribution in [1.29, 1.82) is 0 Å². The molecule has 22 heavy (non-hydrogen) atoms. The summed E-state index contributed by atoms with van der Waals surface area (Å²) in [5.74, 6) is -1.11. The maximum atomic E-state index is 11.9. The number of nitrogens with one attached hydrogen (secondary N) is 1. The van der Waals surface area contributed by atoms with Crippen LogP contribution in [-0.2, 0) is 4.74 Å². The first-order valence-electron chi connectivity index (χ1n) is 7.83. The molecular weight excluding hydrogens is 278 g/mol. The molecule has 0 bridgehead atoms. The van der Waals surface area contributed by atoms with Crippen molar-refractivity contribution in [3.63, 3.8) is 0 Å². The van der Waals surface area contributed by atoms with E-state index in [-0.39, 0.29) is 0 Å². The third-order valence-corrected chi connectivity index (χ3v) is 4.63. The molecule has 0 amide bonds. The summed E-state index contributed by atoms with van der Waals surface area (Å²) in [4.78, 5) is 23.8. The van der Waals surface area contributed by atoms with Gasteiger partial charge in [-0.3, -0.25) is 0 Å². The molecule has 0 atom stereocenters. The van der Waals surface area contributed by atoms with Gasteiger partial charge in [0.25, 0.3) is 0 Å². The van der Waals surface area contributed by atoms with Gasteiger partial charge < -0.3 is 10.1 Å². The van der Waals surface area contributed by atoms with Gasteiger partial charge in [0.2, 0.25) is 0 Å². The zero-order chi connectivity index (χ0) is 15.1. The van der Waals surface area contributed by atoms with E-state index in [4.69, 9.17) is 4.74 Å². The molecule has 4 nitrogen and oxygen atoms in total. The van der Waals surface area contributed by atoms with Gasteiger partial charge in [-0.1, -0.05) is 31.4 Å². The molecule has 0 spiro atoms. The van der Waals surface area contributed by atoms with Crippen LogP contribution < -0.4 is 5.32 Å². The maximum absolute atomic E-state index is 11.9. The molecule has 112 valence electrons. The predicted molar refractivity (Wildman–Crippen MR) is 84.2 cm³/mol. The molecule has 0 radical (unpaired) electrons. The van der Waals surface area contributed by atoms with Crippen LogP contribution in [-0.4, -0.2) is 18.0 Å². The Morgan fingerprint density at radius 3 is 2.41 bits per heavy atom. The van der Waals surface area contributed by atoms with Crippen molar-refractivity contribution in [2.45, 2.75) is 38.1 Å². The molecule has 0 saturated heterocycles. The number of esters is 2. The van der Waals surface area contributed by atoms with Crippen molar-refractivity contribution in [2.75, 3.05) is 5.32 Å². The van der Waals surface area contributed by atoms with Crippen LogP contribution in [0.5, 0.6) is 0 Å². The van der Waals surface area contributed by atoms with E-state index >= 15 is 0 Å². The van der Waals surface area contributed by atoms with Crippen LogP contribution in [0.25, 0.3) is 10.8 Å². The molecule has 2 aromatic rings. The van der Waals surface area contributed by atoms with Gasteiger partial charge in [0.05, 0.1) is 11.1 Å². The Kier molecular flexibility index (Phi) is 3.10. The fourth-order valence-electron chi connectivity index (χ4n) is 3.53. The Morgan fingerprint density at radius 2 is 1.64 bits per heavy atom. The predicted octanol–water partition coefficient (Wildman–Crippen LogP) is 3.90. The van der Waals surface area contributed by atoms with Crippen molar-refractivity contribution in [2.24, 2.45) is 0 Å². The Balaban J connectivity index is 1.83. The Hall–Kier alpha value is -2.36. The largest absolute Gasteiger partial charge is 0.386 e. The number of ether oxygens (including phenoxy) is 1. The standard InChI is InChI=1S/C18H17NO3/c20-17-13-8-4-7-12-15(19-11-5-2-1-3-6-11)10-9-14(16(12)13)18(21)22-17/h4,7-11,19H,1-3,5-6H2. The number of carbonyl (C=O) groups excluding carboxylic acids is 2. The summed E-state index contributed by atoms with van der Waals surface area (Å²) in [5.41, 5.74) is 1.94. The highest BCUT2D eigenvalue weighted by Crippen LogP contribution is 2.34. The average Bonchev–Trinajstić information content (AvgIpc) is 2.54. The zero-order valence-corrected chi connectivity index (χ0v) is 12.2. The highest BCUT2D eigenvalue weighted by molar-refractivity contribution is 6.22. The summed E-state index contributed by atoms with van der Waals surface area (Å²) in [6, 6.07) is 9.66.